The van der Waals surface area contributed by atoms with Crippen LogP contribution in [0.15, 0.2) is 0 Å². The molecule has 0 aliphatic heterocycles. The van der Waals surface area contributed by atoms with Crippen molar-refractivity contribution in [3.63, 3.8) is 0 Å². The van der Waals surface area contributed by atoms with Crippen LogP contribution in [-0.2, 0) is 4.79 Å². The van der Waals surface area contributed by atoms with Crippen LogP contribution in [0, 0.1) is 0 Å². The Kier molecular flexibility index (Phi) is 6.13. The van der Waals surface area contributed by atoms with Gasteiger partial charge in [0.1, 0.15) is 5.54 Å². The lowest BCUT2D eigenvalue weighted by Gasteiger charge is -2.22. The fourth-order valence-corrected chi connectivity index (χ4v) is 1.33. The number of carbonyl (C=O) groups excluding carboxylic acids is 1. The lowest BCUT2D eigenvalue weighted by molar-refractivity contribution is -0.121. The van der Waals surface area contributed by atoms with Gasteiger partial charge in [-0.3, -0.25) is 4.79 Å². The van der Waals surface area contributed by atoms with E-state index in [0.717, 1.165) is 19.4 Å². The second-order valence-electron chi connectivity index (χ2n) is 5.15. The molecule has 1 aromatic rings. The monoisotopic (exact) mass is 296 g/mol. The number of amides is 1. The van der Waals surface area contributed by atoms with E-state index < -0.39 is 11.4 Å². The molecule has 0 atom stereocenters. The van der Waals surface area contributed by atoms with Crippen LogP contribution in [0.4, 0.5) is 11.9 Å². The van der Waals surface area contributed by atoms with Crippen LogP contribution >= 0.6 is 0 Å². The number of aromatic nitrogens is 3. The summed E-state index contributed by atoms with van der Waals surface area (Å²) in [6.45, 7) is 8.59. The van der Waals surface area contributed by atoms with Gasteiger partial charge >= 0.3 is 6.01 Å². The summed E-state index contributed by atoms with van der Waals surface area (Å²) in [6, 6.07) is 0.216. The minimum atomic E-state index is -0.967. The molecule has 4 N–H and O–H groups in total. The molecule has 8 nitrogen and oxygen atoms in total. The highest BCUT2D eigenvalue weighted by molar-refractivity contribution is 5.86. The largest absolute Gasteiger partial charge is 0.463 e. The number of nitrogens with one attached hydrogen (secondary N) is 2. The van der Waals surface area contributed by atoms with Gasteiger partial charge in [-0.15, -0.1) is 0 Å². The van der Waals surface area contributed by atoms with Gasteiger partial charge in [0, 0.05) is 6.54 Å². The maximum absolute atomic E-state index is 11.4. The molecule has 1 amide bonds. The molecular weight excluding hydrogens is 272 g/mol. The number of nitrogens with two attached hydrogens (primary N) is 1. The highest BCUT2D eigenvalue weighted by Gasteiger charge is 2.26. The Morgan fingerprint density at radius 3 is 2.43 bits per heavy atom. The summed E-state index contributed by atoms with van der Waals surface area (Å²) in [5.74, 6) is 0.154. The molecular formula is C13H24N6O2. The number of nitrogens with zero attached hydrogens (tertiary/aromatic N) is 3. The first-order chi connectivity index (χ1) is 9.89. The number of hydrogen-bond donors (Lipinski definition) is 3. The first-order valence-electron chi connectivity index (χ1n) is 7.10. The van der Waals surface area contributed by atoms with E-state index >= 15 is 0 Å². The number of anilines is 2. The van der Waals surface area contributed by atoms with Crippen LogP contribution in [0.3, 0.4) is 0 Å². The first kappa shape index (κ1) is 16.9. The van der Waals surface area contributed by atoms with E-state index in [0.29, 0.717) is 12.6 Å². The molecule has 0 fully saturated rings. The zero-order valence-electron chi connectivity index (χ0n) is 13.1. The second-order valence-corrected chi connectivity index (χ2v) is 5.15. The van der Waals surface area contributed by atoms with E-state index in [-0.39, 0.29) is 12.0 Å². The zero-order chi connectivity index (χ0) is 15.9. The molecule has 1 rings (SSSR count). The molecule has 0 aliphatic rings. The number of hydrogen-bond acceptors (Lipinski definition) is 7. The summed E-state index contributed by atoms with van der Waals surface area (Å²) in [5, 5.41) is 5.96. The topological polar surface area (TPSA) is 115 Å². The Morgan fingerprint density at radius 1 is 1.19 bits per heavy atom. The highest BCUT2D eigenvalue weighted by atomic mass is 16.5. The fraction of sp³-hybridized carbons (Fsp3) is 0.692. The summed E-state index contributed by atoms with van der Waals surface area (Å²) >= 11 is 0. The van der Waals surface area contributed by atoms with E-state index in [4.69, 9.17) is 10.5 Å². The molecule has 0 saturated carbocycles. The van der Waals surface area contributed by atoms with Crippen LogP contribution in [0.25, 0.3) is 0 Å². The number of rotatable bonds is 9. The van der Waals surface area contributed by atoms with Gasteiger partial charge in [-0.25, -0.2) is 0 Å². The molecule has 0 unspecified atom stereocenters. The molecule has 1 aromatic heterocycles. The molecule has 0 spiro atoms. The number of ether oxygens (including phenoxy) is 1. The van der Waals surface area contributed by atoms with E-state index in [1.165, 1.54) is 0 Å². The van der Waals surface area contributed by atoms with E-state index in [2.05, 4.69) is 25.6 Å². The van der Waals surface area contributed by atoms with Crippen molar-refractivity contribution in [2.45, 2.75) is 46.1 Å². The summed E-state index contributed by atoms with van der Waals surface area (Å²) in [4.78, 5) is 23.9. The van der Waals surface area contributed by atoms with Gasteiger partial charge in [0.05, 0.1) is 6.61 Å². The standard InChI is InChI=1S/C13H24N6O2/c1-5-7-15-10-16-11(19-13(3,4)9(14)20)18-12(17-10)21-8-6-2/h5-8H2,1-4H3,(H2,14,20)(H2,15,16,17,18,19). The Bertz CT molecular complexity index is 451. The van der Waals surface area contributed by atoms with Gasteiger partial charge in [-0.05, 0) is 26.7 Å². The minimum Gasteiger partial charge on any atom is -0.463 e. The van der Waals surface area contributed by atoms with Crippen molar-refractivity contribution >= 4 is 17.8 Å². The fourth-order valence-electron chi connectivity index (χ4n) is 1.33. The smallest absolute Gasteiger partial charge is 0.323 e. The van der Waals surface area contributed by atoms with Gasteiger partial charge in [-0.2, -0.15) is 15.0 Å². The highest BCUT2D eigenvalue weighted by Crippen LogP contribution is 2.15. The van der Waals surface area contributed by atoms with Gasteiger partial charge in [0.2, 0.25) is 17.8 Å². The third-order valence-electron chi connectivity index (χ3n) is 2.62. The average molecular weight is 296 g/mol. The maximum Gasteiger partial charge on any atom is 0.323 e. The minimum absolute atomic E-state index is 0.216. The Hall–Kier alpha value is -2.12. The lowest BCUT2D eigenvalue weighted by Crippen LogP contribution is -2.45. The maximum atomic E-state index is 11.4. The Balaban J connectivity index is 2.97. The van der Waals surface area contributed by atoms with E-state index in [9.17, 15) is 4.79 Å². The van der Waals surface area contributed by atoms with Crippen molar-refractivity contribution in [3.05, 3.63) is 0 Å². The molecule has 0 aliphatic carbocycles. The third kappa shape index (κ3) is 5.41. The van der Waals surface area contributed by atoms with Crippen LogP contribution in [-0.4, -0.2) is 39.5 Å². The van der Waals surface area contributed by atoms with Crippen molar-refractivity contribution in [1.82, 2.24) is 15.0 Å². The molecule has 1 heterocycles. The van der Waals surface area contributed by atoms with Gasteiger partial charge in [0.15, 0.2) is 0 Å². The Morgan fingerprint density at radius 2 is 1.86 bits per heavy atom. The predicted octanol–water partition coefficient (Wildman–Crippen LogP) is 1.16. The molecule has 8 heteroatoms. The molecule has 21 heavy (non-hydrogen) atoms. The SMILES string of the molecule is CCCNc1nc(NC(C)(C)C(N)=O)nc(OCCC)n1. The summed E-state index contributed by atoms with van der Waals surface area (Å²) < 4.78 is 5.43. The molecule has 0 aromatic carbocycles. The van der Waals surface area contributed by atoms with Gasteiger partial charge in [0.25, 0.3) is 0 Å². The van der Waals surface area contributed by atoms with Crippen molar-refractivity contribution in [2.75, 3.05) is 23.8 Å². The van der Waals surface area contributed by atoms with Crippen LogP contribution < -0.4 is 21.1 Å². The summed E-state index contributed by atoms with van der Waals surface area (Å²) in [6.07, 6.45) is 1.78. The molecule has 0 radical (unpaired) electrons. The quantitative estimate of drug-likeness (QED) is 0.626. The van der Waals surface area contributed by atoms with Crippen molar-refractivity contribution in [1.29, 1.82) is 0 Å². The predicted molar refractivity (Wildman–Crippen MR) is 81.3 cm³/mol. The van der Waals surface area contributed by atoms with E-state index in [1.54, 1.807) is 13.8 Å². The summed E-state index contributed by atoms with van der Waals surface area (Å²) in [7, 11) is 0. The lowest BCUT2D eigenvalue weighted by atomic mass is 10.1. The van der Waals surface area contributed by atoms with Crippen LogP contribution in [0.2, 0.25) is 0 Å². The molecule has 0 saturated heterocycles. The first-order valence-corrected chi connectivity index (χ1v) is 7.10. The zero-order valence-corrected chi connectivity index (χ0v) is 13.1. The van der Waals surface area contributed by atoms with E-state index in [1.807, 2.05) is 13.8 Å². The second kappa shape index (κ2) is 7.61. The van der Waals surface area contributed by atoms with Gasteiger partial charge in [-0.1, -0.05) is 13.8 Å². The average Bonchev–Trinajstić information content (AvgIpc) is 2.42. The number of carbonyl (C=O) groups is 1. The summed E-state index contributed by atoms with van der Waals surface area (Å²) in [5.41, 5.74) is 4.37. The molecule has 0 bridgehead atoms. The van der Waals surface area contributed by atoms with Crippen LogP contribution in [0.5, 0.6) is 6.01 Å². The van der Waals surface area contributed by atoms with Gasteiger partial charge < -0.3 is 21.1 Å². The Labute approximate surface area is 124 Å². The molecule has 118 valence electrons. The third-order valence-corrected chi connectivity index (χ3v) is 2.62. The normalized spacial score (nSPS) is 11.0. The van der Waals surface area contributed by atoms with Crippen molar-refractivity contribution < 1.29 is 9.53 Å². The van der Waals surface area contributed by atoms with Crippen LogP contribution in [0.1, 0.15) is 40.5 Å². The van der Waals surface area contributed by atoms with Crippen molar-refractivity contribution in [3.8, 4) is 6.01 Å². The van der Waals surface area contributed by atoms with Crippen molar-refractivity contribution in [2.24, 2.45) is 5.73 Å². The number of primary amides is 1.